The van der Waals surface area contributed by atoms with Gasteiger partial charge in [-0.25, -0.2) is 9.07 Å². The van der Waals surface area contributed by atoms with E-state index in [1.165, 1.54) is 23.8 Å². The Hall–Kier alpha value is -3.10. The van der Waals surface area contributed by atoms with Gasteiger partial charge in [-0.3, -0.25) is 0 Å². The molecule has 0 N–H and O–H groups in total. The molecule has 0 saturated heterocycles. The smallest absolute Gasteiger partial charge is 0.261 e. The molecule has 0 fully saturated rings. The first-order valence-corrected chi connectivity index (χ1v) is 9.36. The summed E-state index contributed by atoms with van der Waals surface area (Å²) in [7, 11) is 0. The summed E-state index contributed by atoms with van der Waals surface area (Å²) in [5.41, 5.74) is 3.60. The van der Waals surface area contributed by atoms with Crippen molar-refractivity contribution in [2.75, 3.05) is 0 Å². The zero-order chi connectivity index (χ0) is 20.0. The van der Waals surface area contributed by atoms with E-state index in [-0.39, 0.29) is 23.4 Å². The topological polar surface area (TPSA) is 78.9 Å². The lowest BCUT2D eigenvalue weighted by Gasteiger charge is -2.24. The van der Waals surface area contributed by atoms with Crippen molar-refractivity contribution >= 4 is 11.6 Å². The molecule has 1 atom stereocenters. The third-order valence-corrected chi connectivity index (χ3v) is 5.08. The van der Waals surface area contributed by atoms with Crippen LogP contribution in [0.1, 0.15) is 22.9 Å². The molecule has 7 nitrogen and oxygen atoms in total. The maximum Gasteiger partial charge on any atom is 0.261 e. The lowest BCUT2D eigenvalue weighted by molar-refractivity contribution is -0.00112. The molecule has 1 aliphatic rings. The lowest BCUT2D eigenvalue weighted by Crippen LogP contribution is -2.22. The summed E-state index contributed by atoms with van der Waals surface area (Å²) in [6.45, 7) is 2.87. The lowest BCUT2D eigenvalue weighted by atomic mass is 10.1. The minimum atomic E-state index is -0.501. The molecule has 29 heavy (non-hydrogen) atoms. The monoisotopic (exact) mass is 411 g/mol. The number of hydrogen-bond acceptors (Lipinski definition) is 6. The summed E-state index contributed by atoms with van der Waals surface area (Å²) in [5, 5.41) is 12.7. The molecule has 9 heteroatoms. The molecule has 0 amide bonds. The van der Waals surface area contributed by atoms with Gasteiger partial charge in [0.2, 0.25) is 5.82 Å². The van der Waals surface area contributed by atoms with Crippen molar-refractivity contribution < 1.29 is 13.7 Å². The van der Waals surface area contributed by atoms with Crippen LogP contribution in [0.4, 0.5) is 4.39 Å². The number of ether oxygens (including phenoxy) is 1. The van der Waals surface area contributed by atoms with E-state index in [0.717, 1.165) is 11.3 Å². The van der Waals surface area contributed by atoms with E-state index in [1.807, 2.05) is 19.1 Å². The van der Waals surface area contributed by atoms with Crippen molar-refractivity contribution in [1.82, 2.24) is 25.1 Å². The molecule has 4 aromatic rings. The van der Waals surface area contributed by atoms with Crippen LogP contribution in [0, 0.1) is 12.7 Å². The second-order valence-corrected chi connectivity index (χ2v) is 7.26. The van der Waals surface area contributed by atoms with Gasteiger partial charge >= 0.3 is 0 Å². The third-order valence-electron chi connectivity index (χ3n) is 4.84. The van der Waals surface area contributed by atoms with E-state index >= 15 is 0 Å². The summed E-state index contributed by atoms with van der Waals surface area (Å²) in [5.74, 6) is -0.257. The number of aryl methyl sites for hydroxylation is 1. The summed E-state index contributed by atoms with van der Waals surface area (Å²) in [6, 6.07) is 12.3. The molecule has 0 aliphatic carbocycles. The quantitative estimate of drug-likeness (QED) is 0.498. The summed E-state index contributed by atoms with van der Waals surface area (Å²) >= 11 is 5.94. The summed E-state index contributed by atoms with van der Waals surface area (Å²) < 4.78 is 27.1. The molecule has 0 radical (unpaired) electrons. The Kier molecular flexibility index (Phi) is 4.37. The van der Waals surface area contributed by atoms with Gasteiger partial charge < -0.3 is 9.26 Å². The van der Waals surface area contributed by atoms with Gasteiger partial charge in [-0.1, -0.05) is 51.8 Å². The number of hydrogen-bond donors (Lipinski definition) is 0. The predicted octanol–water partition coefficient (Wildman–Crippen LogP) is 4.37. The normalized spacial score (nSPS) is 16.0. The highest BCUT2D eigenvalue weighted by molar-refractivity contribution is 6.30. The molecule has 146 valence electrons. The van der Waals surface area contributed by atoms with Crippen LogP contribution in [0.25, 0.3) is 23.0 Å². The molecular formula is C20H15ClFN5O2. The number of rotatable bonds is 3. The van der Waals surface area contributed by atoms with Gasteiger partial charge in [0.1, 0.15) is 11.9 Å². The van der Waals surface area contributed by atoms with Gasteiger partial charge in [-0.2, -0.15) is 4.98 Å². The van der Waals surface area contributed by atoms with Crippen molar-refractivity contribution in [2.45, 2.75) is 26.2 Å². The first kappa shape index (κ1) is 18.0. The Labute approximate surface area is 170 Å². The molecule has 0 bridgehead atoms. The SMILES string of the molecule is Cc1ccc(C2Cn3nnc(-c4noc(-c5cc(Cl)ccc5F)n4)c3CO2)cc1. The van der Waals surface area contributed by atoms with Crippen LogP contribution < -0.4 is 0 Å². The zero-order valence-corrected chi connectivity index (χ0v) is 16.1. The molecule has 2 aromatic carbocycles. The third kappa shape index (κ3) is 3.30. The maximum absolute atomic E-state index is 14.1. The van der Waals surface area contributed by atoms with Crippen LogP contribution in [-0.2, 0) is 17.9 Å². The number of benzene rings is 2. The highest BCUT2D eigenvalue weighted by atomic mass is 35.5. The summed E-state index contributed by atoms with van der Waals surface area (Å²) in [4.78, 5) is 4.27. The van der Waals surface area contributed by atoms with Gasteiger partial charge in [-0.05, 0) is 30.7 Å². The van der Waals surface area contributed by atoms with E-state index in [1.54, 1.807) is 4.68 Å². The average molecular weight is 412 g/mol. The van der Waals surface area contributed by atoms with E-state index in [0.29, 0.717) is 23.9 Å². The second kappa shape index (κ2) is 7.06. The molecular weight excluding hydrogens is 397 g/mol. The fourth-order valence-corrected chi connectivity index (χ4v) is 3.43. The fourth-order valence-electron chi connectivity index (χ4n) is 3.26. The van der Waals surface area contributed by atoms with E-state index in [4.69, 9.17) is 20.9 Å². The standard InChI is InChI=1S/C20H15ClFN5O2/c1-11-2-4-12(5-3-11)17-9-27-16(10-28-17)18(24-26-27)19-23-20(29-25-19)14-8-13(21)6-7-15(14)22/h2-8,17H,9-10H2,1H3. The summed E-state index contributed by atoms with van der Waals surface area (Å²) in [6.07, 6.45) is -0.112. The maximum atomic E-state index is 14.1. The Balaban J connectivity index is 1.43. The number of nitrogens with zero attached hydrogens (tertiary/aromatic N) is 5. The number of fused-ring (bicyclic) bond motifs is 1. The van der Waals surface area contributed by atoms with Crippen LogP contribution in [-0.4, -0.2) is 25.1 Å². The molecule has 0 saturated carbocycles. The van der Waals surface area contributed by atoms with Crippen LogP contribution in [0.2, 0.25) is 5.02 Å². The van der Waals surface area contributed by atoms with Gasteiger partial charge in [0.05, 0.1) is 24.4 Å². The molecule has 2 aromatic heterocycles. The molecule has 3 heterocycles. The van der Waals surface area contributed by atoms with Crippen LogP contribution in [0.15, 0.2) is 47.0 Å². The van der Waals surface area contributed by atoms with Gasteiger partial charge in [-0.15, -0.1) is 5.10 Å². The van der Waals surface area contributed by atoms with Crippen LogP contribution in [0.5, 0.6) is 0 Å². The molecule has 0 spiro atoms. The predicted molar refractivity (Wildman–Crippen MR) is 102 cm³/mol. The minimum Gasteiger partial charge on any atom is -0.365 e. The number of halogens is 2. The van der Waals surface area contributed by atoms with E-state index in [2.05, 4.69) is 32.6 Å². The fraction of sp³-hybridized carbons (Fsp3) is 0.200. The van der Waals surface area contributed by atoms with Crippen molar-refractivity contribution in [2.24, 2.45) is 0 Å². The molecule has 5 rings (SSSR count). The van der Waals surface area contributed by atoms with E-state index < -0.39 is 5.82 Å². The Bertz CT molecular complexity index is 1190. The first-order chi connectivity index (χ1) is 14.1. The first-order valence-electron chi connectivity index (χ1n) is 8.98. The van der Waals surface area contributed by atoms with Gasteiger partial charge in [0, 0.05) is 5.02 Å². The number of aromatic nitrogens is 5. The minimum absolute atomic E-state index is 0.0241. The Morgan fingerprint density at radius 1 is 1.17 bits per heavy atom. The highest BCUT2D eigenvalue weighted by Gasteiger charge is 2.28. The largest absolute Gasteiger partial charge is 0.365 e. The van der Waals surface area contributed by atoms with Crippen molar-refractivity contribution in [3.63, 3.8) is 0 Å². The molecule has 1 unspecified atom stereocenters. The Morgan fingerprint density at radius 3 is 2.83 bits per heavy atom. The molecule has 1 aliphatic heterocycles. The van der Waals surface area contributed by atoms with Crippen molar-refractivity contribution in [3.05, 3.63) is 70.1 Å². The van der Waals surface area contributed by atoms with E-state index in [9.17, 15) is 4.39 Å². The average Bonchev–Trinajstić information content (AvgIpc) is 3.36. The van der Waals surface area contributed by atoms with Gasteiger partial charge in [0.15, 0.2) is 5.69 Å². The second-order valence-electron chi connectivity index (χ2n) is 6.82. The van der Waals surface area contributed by atoms with Gasteiger partial charge in [0.25, 0.3) is 5.89 Å². The van der Waals surface area contributed by atoms with Crippen LogP contribution in [0.3, 0.4) is 0 Å². The Morgan fingerprint density at radius 2 is 2.00 bits per heavy atom. The van der Waals surface area contributed by atoms with Crippen molar-refractivity contribution in [3.8, 4) is 23.0 Å². The highest BCUT2D eigenvalue weighted by Crippen LogP contribution is 2.31. The van der Waals surface area contributed by atoms with Crippen LogP contribution >= 0.6 is 11.6 Å². The zero-order valence-electron chi connectivity index (χ0n) is 15.3. The van der Waals surface area contributed by atoms with Crippen molar-refractivity contribution in [1.29, 1.82) is 0 Å².